The first-order valence-electron chi connectivity index (χ1n) is 6.22. The number of carbonyl (C=O) groups is 1. The third-order valence-corrected chi connectivity index (χ3v) is 3.02. The van der Waals surface area contributed by atoms with Gasteiger partial charge < -0.3 is 5.11 Å². The molecule has 0 atom stereocenters. The van der Waals surface area contributed by atoms with Crippen molar-refractivity contribution in [1.82, 2.24) is 14.7 Å². The van der Waals surface area contributed by atoms with Crippen LogP contribution in [-0.2, 0) is 24.8 Å². The SMILES string of the molecule is CCc1cc(CN(CC(=O)O)C(C)(C)C)n(C)n1. The molecule has 0 fully saturated rings. The van der Waals surface area contributed by atoms with Crippen LogP contribution < -0.4 is 0 Å². The molecule has 0 amide bonds. The highest BCUT2D eigenvalue weighted by Gasteiger charge is 2.24. The third kappa shape index (κ3) is 3.84. The zero-order valence-corrected chi connectivity index (χ0v) is 11.9. The van der Waals surface area contributed by atoms with Crippen molar-refractivity contribution >= 4 is 5.97 Å². The van der Waals surface area contributed by atoms with Crippen LogP contribution in [0.4, 0.5) is 0 Å². The Labute approximate surface area is 108 Å². The quantitative estimate of drug-likeness (QED) is 0.867. The molecule has 1 heterocycles. The molecule has 1 N–H and O–H groups in total. The number of nitrogens with zero attached hydrogens (tertiary/aromatic N) is 3. The van der Waals surface area contributed by atoms with Gasteiger partial charge in [0.25, 0.3) is 0 Å². The Morgan fingerprint density at radius 2 is 2.11 bits per heavy atom. The average molecular weight is 253 g/mol. The average Bonchev–Trinajstić information content (AvgIpc) is 2.57. The van der Waals surface area contributed by atoms with E-state index >= 15 is 0 Å². The molecule has 5 nitrogen and oxygen atoms in total. The first-order chi connectivity index (χ1) is 8.24. The molecule has 5 heteroatoms. The summed E-state index contributed by atoms with van der Waals surface area (Å²) in [5.74, 6) is -0.803. The second kappa shape index (κ2) is 5.52. The van der Waals surface area contributed by atoms with Gasteiger partial charge in [0.15, 0.2) is 0 Å². The Morgan fingerprint density at radius 1 is 1.50 bits per heavy atom. The number of carboxylic acid groups (broad SMARTS) is 1. The van der Waals surface area contributed by atoms with Crippen LogP contribution in [0.25, 0.3) is 0 Å². The van der Waals surface area contributed by atoms with E-state index < -0.39 is 5.97 Å². The number of aliphatic carboxylic acids is 1. The monoisotopic (exact) mass is 253 g/mol. The zero-order valence-electron chi connectivity index (χ0n) is 11.9. The smallest absolute Gasteiger partial charge is 0.317 e. The molecular formula is C13H23N3O2. The van der Waals surface area contributed by atoms with Crippen molar-refractivity contribution < 1.29 is 9.90 Å². The molecule has 0 spiro atoms. The summed E-state index contributed by atoms with van der Waals surface area (Å²) >= 11 is 0. The standard InChI is InChI=1S/C13H23N3O2/c1-6-10-7-11(15(5)14-10)8-16(9-12(17)18)13(2,3)4/h7H,6,8-9H2,1-5H3,(H,17,18). The summed E-state index contributed by atoms with van der Waals surface area (Å²) in [7, 11) is 1.90. The van der Waals surface area contributed by atoms with E-state index in [1.165, 1.54) is 0 Å². The number of rotatable bonds is 5. The Morgan fingerprint density at radius 3 is 2.50 bits per heavy atom. The van der Waals surface area contributed by atoms with E-state index in [9.17, 15) is 4.79 Å². The molecule has 0 aromatic carbocycles. The Hall–Kier alpha value is -1.36. The van der Waals surface area contributed by atoms with E-state index in [0.717, 1.165) is 17.8 Å². The largest absolute Gasteiger partial charge is 0.480 e. The van der Waals surface area contributed by atoms with Gasteiger partial charge in [-0.15, -0.1) is 0 Å². The highest BCUT2D eigenvalue weighted by molar-refractivity contribution is 5.69. The second-order valence-corrected chi connectivity index (χ2v) is 5.52. The van der Waals surface area contributed by atoms with Crippen molar-refractivity contribution in [2.75, 3.05) is 6.54 Å². The van der Waals surface area contributed by atoms with Gasteiger partial charge in [-0.25, -0.2) is 0 Å². The van der Waals surface area contributed by atoms with E-state index in [2.05, 4.69) is 12.0 Å². The van der Waals surface area contributed by atoms with Gasteiger partial charge in [0.05, 0.1) is 17.9 Å². The Balaban J connectivity index is 2.88. The molecule has 1 aromatic rings. The fraction of sp³-hybridized carbons (Fsp3) is 0.692. The van der Waals surface area contributed by atoms with Crippen molar-refractivity contribution in [3.63, 3.8) is 0 Å². The van der Waals surface area contributed by atoms with Crippen LogP contribution in [-0.4, -0.2) is 37.8 Å². The van der Waals surface area contributed by atoms with Gasteiger partial charge in [-0.1, -0.05) is 6.92 Å². The van der Waals surface area contributed by atoms with Crippen LogP contribution >= 0.6 is 0 Å². The third-order valence-electron chi connectivity index (χ3n) is 3.02. The van der Waals surface area contributed by atoms with Gasteiger partial charge >= 0.3 is 5.97 Å². The van der Waals surface area contributed by atoms with E-state index in [-0.39, 0.29) is 12.1 Å². The zero-order chi connectivity index (χ0) is 13.9. The molecule has 0 saturated heterocycles. The minimum absolute atomic E-state index is 0.0378. The van der Waals surface area contributed by atoms with E-state index in [1.54, 1.807) is 0 Å². The summed E-state index contributed by atoms with van der Waals surface area (Å²) in [5.41, 5.74) is 1.90. The molecule has 0 bridgehead atoms. The lowest BCUT2D eigenvalue weighted by atomic mass is 10.1. The highest BCUT2D eigenvalue weighted by atomic mass is 16.4. The van der Waals surface area contributed by atoms with Crippen LogP contribution in [0, 0.1) is 0 Å². The molecule has 0 saturated carbocycles. The van der Waals surface area contributed by atoms with Crippen molar-refractivity contribution in [3.05, 3.63) is 17.5 Å². The predicted octanol–water partition coefficient (Wildman–Crippen LogP) is 1.67. The number of aromatic nitrogens is 2. The van der Waals surface area contributed by atoms with Gasteiger partial charge in [-0.3, -0.25) is 14.4 Å². The molecule has 0 aliphatic heterocycles. The lowest BCUT2D eigenvalue weighted by Crippen LogP contribution is -2.44. The summed E-state index contributed by atoms with van der Waals surface area (Å²) in [5, 5.41) is 13.4. The molecule has 1 rings (SSSR count). The van der Waals surface area contributed by atoms with Crippen molar-refractivity contribution in [2.24, 2.45) is 7.05 Å². The Kier molecular flexibility index (Phi) is 4.51. The topological polar surface area (TPSA) is 58.4 Å². The van der Waals surface area contributed by atoms with Gasteiger partial charge in [0.1, 0.15) is 0 Å². The van der Waals surface area contributed by atoms with E-state index in [1.807, 2.05) is 43.5 Å². The minimum atomic E-state index is -0.803. The predicted molar refractivity (Wildman–Crippen MR) is 70.4 cm³/mol. The van der Waals surface area contributed by atoms with Crippen LogP contribution in [0.1, 0.15) is 39.1 Å². The molecule has 0 aliphatic carbocycles. The molecule has 0 aliphatic rings. The second-order valence-electron chi connectivity index (χ2n) is 5.52. The molecular weight excluding hydrogens is 230 g/mol. The van der Waals surface area contributed by atoms with Gasteiger partial charge in [-0.2, -0.15) is 5.10 Å². The van der Waals surface area contributed by atoms with Crippen molar-refractivity contribution in [2.45, 2.75) is 46.2 Å². The molecule has 1 aromatic heterocycles. The maximum atomic E-state index is 10.9. The van der Waals surface area contributed by atoms with Crippen LogP contribution in [0.15, 0.2) is 6.07 Å². The first kappa shape index (κ1) is 14.7. The lowest BCUT2D eigenvalue weighted by molar-refractivity contribution is -0.140. The number of hydrogen-bond acceptors (Lipinski definition) is 3. The van der Waals surface area contributed by atoms with Gasteiger partial charge in [0.2, 0.25) is 0 Å². The number of aryl methyl sites for hydroxylation is 2. The molecule has 102 valence electrons. The molecule has 0 radical (unpaired) electrons. The summed E-state index contributed by atoms with van der Waals surface area (Å²) in [6.45, 7) is 8.76. The van der Waals surface area contributed by atoms with Gasteiger partial charge in [-0.05, 0) is 33.3 Å². The lowest BCUT2D eigenvalue weighted by Gasteiger charge is -2.34. The summed E-state index contributed by atoms with van der Waals surface area (Å²) < 4.78 is 1.83. The summed E-state index contributed by atoms with van der Waals surface area (Å²) in [6.07, 6.45) is 0.891. The fourth-order valence-electron chi connectivity index (χ4n) is 1.78. The molecule has 18 heavy (non-hydrogen) atoms. The maximum absolute atomic E-state index is 10.9. The number of carboxylic acids is 1. The molecule has 0 unspecified atom stereocenters. The van der Waals surface area contributed by atoms with E-state index in [0.29, 0.717) is 6.54 Å². The fourth-order valence-corrected chi connectivity index (χ4v) is 1.78. The van der Waals surface area contributed by atoms with Crippen LogP contribution in [0.5, 0.6) is 0 Å². The van der Waals surface area contributed by atoms with Crippen molar-refractivity contribution in [3.8, 4) is 0 Å². The Bertz CT molecular complexity index is 418. The highest BCUT2D eigenvalue weighted by Crippen LogP contribution is 2.17. The van der Waals surface area contributed by atoms with Gasteiger partial charge in [0, 0.05) is 19.1 Å². The van der Waals surface area contributed by atoms with Crippen LogP contribution in [0.3, 0.4) is 0 Å². The number of hydrogen-bond donors (Lipinski definition) is 1. The normalized spacial score (nSPS) is 12.1. The minimum Gasteiger partial charge on any atom is -0.480 e. The summed E-state index contributed by atoms with van der Waals surface area (Å²) in [4.78, 5) is 12.9. The summed E-state index contributed by atoms with van der Waals surface area (Å²) in [6, 6.07) is 2.04. The van der Waals surface area contributed by atoms with Crippen molar-refractivity contribution in [1.29, 1.82) is 0 Å². The van der Waals surface area contributed by atoms with E-state index in [4.69, 9.17) is 5.11 Å². The first-order valence-corrected chi connectivity index (χ1v) is 6.22. The van der Waals surface area contributed by atoms with Crippen LogP contribution in [0.2, 0.25) is 0 Å². The maximum Gasteiger partial charge on any atom is 0.317 e.